The molecule has 0 aliphatic carbocycles. The smallest absolute Gasteiger partial charge is 0.271 e. The number of rotatable bonds is 2. The maximum Gasteiger partial charge on any atom is 0.271 e. The van der Waals surface area contributed by atoms with Crippen molar-refractivity contribution in [3.05, 3.63) is 47.2 Å². The summed E-state index contributed by atoms with van der Waals surface area (Å²) in [5.74, 6) is 1.43. The fourth-order valence-electron chi connectivity index (χ4n) is 2.56. The Morgan fingerprint density at radius 2 is 2.11 bits per heavy atom. The molecule has 1 aliphatic heterocycles. The Kier molecular flexibility index (Phi) is 6.16. The summed E-state index contributed by atoms with van der Waals surface area (Å²) in [5, 5.41) is 18.5. The van der Waals surface area contributed by atoms with Crippen LogP contribution in [0.4, 0.5) is 0 Å². The van der Waals surface area contributed by atoms with Crippen LogP contribution in [0.2, 0.25) is 0 Å². The standard InChI is InChI=1S/C15H12N2O2.C5H9NO2/c1-3-10-5-4-6-11(8-10)12-7-9(2)14(18)13(17-12)15(16)19;1-6-3-2-4(7)5(6)8/h1,4-8,18H,2H3,(H2,16,19);4,7H,2-3H2,1H3/t;4-/m.0/s1. The van der Waals surface area contributed by atoms with Gasteiger partial charge in [0.15, 0.2) is 5.69 Å². The molecule has 1 aromatic heterocycles. The van der Waals surface area contributed by atoms with E-state index in [2.05, 4.69) is 10.9 Å². The number of likely N-dealkylation sites (N-methyl/N-ethyl adjacent to an activating group) is 1. The molecule has 3 rings (SSSR count). The summed E-state index contributed by atoms with van der Waals surface area (Å²) < 4.78 is 0. The first-order valence-electron chi connectivity index (χ1n) is 8.25. The number of hydrogen-bond acceptors (Lipinski definition) is 5. The zero-order valence-corrected chi connectivity index (χ0v) is 15.1. The van der Waals surface area contributed by atoms with Crippen molar-refractivity contribution in [3.8, 4) is 29.4 Å². The van der Waals surface area contributed by atoms with Crippen LogP contribution in [0.5, 0.6) is 5.75 Å². The van der Waals surface area contributed by atoms with Gasteiger partial charge in [-0.1, -0.05) is 18.1 Å². The highest BCUT2D eigenvalue weighted by atomic mass is 16.3. The Morgan fingerprint density at radius 3 is 2.59 bits per heavy atom. The van der Waals surface area contributed by atoms with Gasteiger partial charge in [0, 0.05) is 24.7 Å². The van der Waals surface area contributed by atoms with E-state index in [1.807, 2.05) is 6.07 Å². The lowest BCUT2D eigenvalue weighted by molar-refractivity contribution is -0.133. The number of terminal acetylenes is 1. The molecule has 1 aromatic carbocycles. The fraction of sp³-hybridized carbons (Fsp3) is 0.250. The van der Waals surface area contributed by atoms with E-state index >= 15 is 0 Å². The predicted octanol–water partition coefficient (Wildman–Crippen LogP) is 1.05. The molecule has 0 radical (unpaired) electrons. The van der Waals surface area contributed by atoms with Crippen LogP contribution in [-0.2, 0) is 4.79 Å². The first-order valence-corrected chi connectivity index (χ1v) is 8.25. The van der Waals surface area contributed by atoms with Gasteiger partial charge in [-0.3, -0.25) is 9.59 Å². The third-order valence-electron chi connectivity index (χ3n) is 4.14. The number of aliphatic hydroxyl groups excluding tert-OH is 1. The summed E-state index contributed by atoms with van der Waals surface area (Å²) in [6.07, 6.45) is 5.21. The van der Waals surface area contributed by atoms with Crippen LogP contribution >= 0.6 is 0 Å². The van der Waals surface area contributed by atoms with E-state index in [0.29, 0.717) is 29.8 Å². The average molecular weight is 367 g/mol. The van der Waals surface area contributed by atoms with Crippen molar-refractivity contribution in [3.63, 3.8) is 0 Å². The number of aromatic nitrogens is 1. The summed E-state index contributed by atoms with van der Waals surface area (Å²) in [4.78, 5) is 27.4. The minimum absolute atomic E-state index is 0.138. The number of aromatic hydroxyl groups is 1. The van der Waals surface area contributed by atoms with Crippen molar-refractivity contribution in [2.45, 2.75) is 19.4 Å². The Labute approximate surface area is 157 Å². The van der Waals surface area contributed by atoms with Crippen LogP contribution in [0.1, 0.15) is 28.0 Å². The van der Waals surface area contributed by atoms with E-state index < -0.39 is 12.0 Å². The average Bonchev–Trinajstić information content (AvgIpc) is 2.95. The number of likely N-dealkylation sites (tertiary alicyclic amines) is 1. The number of aliphatic hydroxyl groups is 1. The Morgan fingerprint density at radius 1 is 1.41 bits per heavy atom. The van der Waals surface area contributed by atoms with Crippen molar-refractivity contribution in [2.24, 2.45) is 5.73 Å². The quantitative estimate of drug-likeness (QED) is 0.686. The van der Waals surface area contributed by atoms with E-state index in [1.54, 1.807) is 38.2 Å². The minimum atomic E-state index is -0.768. The lowest BCUT2D eigenvalue weighted by Crippen LogP contribution is -2.24. The topological polar surface area (TPSA) is 117 Å². The second kappa shape index (κ2) is 8.34. The Bertz CT molecular complexity index is 906. The van der Waals surface area contributed by atoms with Crippen molar-refractivity contribution < 1.29 is 19.8 Å². The zero-order valence-electron chi connectivity index (χ0n) is 15.1. The van der Waals surface area contributed by atoms with Gasteiger partial charge in [0.1, 0.15) is 11.9 Å². The lowest BCUT2D eigenvalue weighted by atomic mass is 10.1. The van der Waals surface area contributed by atoms with Gasteiger partial charge in [0.2, 0.25) is 0 Å². The zero-order chi connectivity index (χ0) is 20.1. The van der Waals surface area contributed by atoms with E-state index in [4.69, 9.17) is 17.3 Å². The Hall–Kier alpha value is -3.37. The van der Waals surface area contributed by atoms with Crippen molar-refractivity contribution in [1.29, 1.82) is 0 Å². The number of amides is 2. The molecule has 140 valence electrons. The predicted molar refractivity (Wildman–Crippen MR) is 101 cm³/mol. The third-order valence-corrected chi connectivity index (χ3v) is 4.14. The molecule has 0 unspecified atom stereocenters. The Balaban J connectivity index is 0.000000273. The first-order chi connectivity index (χ1) is 12.7. The minimum Gasteiger partial charge on any atom is -0.505 e. The first kappa shape index (κ1) is 19.9. The van der Waals surface area contributed by atoms with Crippen LogP contribution in [-0.4, -0.2) is 51.6 Å². The molecular formula is C20H21N3O4. The number of nitrogens with two attached hydrogens (primary N) is 1. The number of benzene rings is 1. The van der Waals surface area contributed by atoms with E-state index in [0.717, 1.165) is 5.56 Å². The van der Waals surface area contributed by atoms with Crippen molar-refractivity contribution in [1.82, 2.24) is 9.88 Å². The number of carbonyl (C=O) groups excluding carboxylic acids is 2. The number of aryl methyl sites for hydroxylation is 1. The molecule has 1 fully saturated rings. The number of pyridine rings is 1. The molecule has 0 bridgehead atoms. The van der Waals surface area contributed by atoms with Crippen LogP contribution in [0.15, 0.2) is 30.3 Å². The van der Waals surface area contributed by atoms with Gasteiger partial charge in [-0.05, 0) is 37.1 Å². The molecular weight excluding hydrogens is 346 g/mol. The fourth-order valence-corrected chi connectivity index (χ4v) is 2.56. The number of carbonyl (C=O) groups is 2. The molecule has 0 saturated carbocycles. The van der Waals surface area contributed by atoms with Gasteiger partial charge in [0.05, 0.1) is 5.69 Å². The van der Waals surface area contributed by atoms with Gasteiger partial charge in [-0.2, -0.15) is 0 Å². The molecule has 1 aliphatic rings. The summed E-state index contributed by atoms with van der Waals surface area (Å²) in [6.45, 7) is 2.37. The summed E-state index contributed by atoms with van der Waals surface area (Å²) >= 11 is 0. The van der Waals surface area contributed by atoms with E-state index in [9.17, 15) is 14.7 Å². The summed E-state index contributed by atoms with van der Waals surface area (Å²) in [6, 6.07) is 8.88. The highest BCUT2D eigenvalue weighted by Crippen LogP contribution is 2.26. The van der Waals surface area contributed by atoms with Crippen molar-refractivity contribution >= 4 is 11.8 Å². The molecule has 2 amide bonds. The van der Waals surface area contributed by atoms with Crippen LogP contribution in [0, 0.1) is 19.3 Å². The van der Waals surface area contributed by atoms with Gasteiger partial charge in [0.25, 0.3) is 11.8 Å². The summed E-state index contributed by atoms with van der Waals surface area (Å²) in [7, 11) is 1.69. The maximum atomic E-state index is 11.2. The summed E-state index contributed by atoms with van der Waals surface area (Å²) in [5.41, 5.74) is 7.61. The molecule has 1 atom stereocenters. The number of hydrogen-bond donors (Lipinski definition) is 3. The third kappa shape index (κ3) is 4.63. The largest absolute Gasteiger partial charge is 0.505 e. The van der Waals surface area contributed by atoms with Gasteiger partial charge < -0.3 is 20.8 Å². The SMILES string of the molecule is C#Cc1cccc(-c2cc(C)c(O)c(C(N)=O)n2)c1.CN1CC[C@H](O)C1=O. The second-order valence-electron chi connectivity index (χ2n) is 6.18. The molecule has 2 heterocycles. The highest BCUT2D eigenvalue weighted by molar-refractivity contribution is 5.94. The van der Waals surface area contributed by atoms with Crippen LogP contribution in [0.25, 0.3) is 11.3 Å². The lowest BCUT2D eigenvalue weighted by Gasteiger charge is -2.08. The van der Waals surface area contributed by atoms with E-state index in [-0.39, 0.29) is 17.4 Å². The normalized spacial score (nSPS) is 15.7. The maximum absolute atomic E-state index is 11.2. The molecule has 1 saturated heterocycles. The van der Waals surface area contributed by atoms with Crippen LogP contribution < -0.4 is 5.73 Å². The highest BCUT2D eigenvalue weighted by Gasteiger charge is 2.26. The molecule has 4 N–H and O–H groups in total. The second-order valence-corrected chi connectivity index (χ2v) is 6.18. The number of primary amides is 1. The van der Waals surface area contributed by atoms with Crippen LogP contribution in [0.3, 0.4) is 0 Å². The van der Waals surface area contributed by atoms with E-state index in [1.165, 1.54) is 4.90 Å². The number of nitrogens with zero attached hydrogens (tertiary/aromatic N) is 2. The monoisotopic (exact) mass is 367 g/mol. The molecule has 0 spiro atoms. The van der Waals surface area contributed by atoms with Gasteiger partial charge >= 0.3 is 0 Å². The molecule has 27 heavy (non-hydrogen) atoms. The van der Waals surface area contributed by atoms with Gasteiger partial charge in [-0.25, -0.2) is 4.98 Å². The molecule has 7 nitrogen and oxygen atoms in total. The van der Waals surface area contributed by atoms with Gasteiger partial charge in [-0.15, -0.1) is 6.42 Å². The molecule has 7 heteroatoms. The molecule has 2 aromatic rings. The van der Waals surface area contributed by atoms with Crippen molar-refractivity contribution in [2.75, 3.05) is 13.6 Å².